The monoisotopic (exact) mass is 449 g/mol. The van der Waals surface area contributed by atoms with E-state index < -0.39 is 0 Å². The fourth-order valence-electron chi connectivity index (χ4n) is 2.18. The van der Waals surface area contributed by atoms with E-state index in [9.17, 15) is 0 Å². The van der Waals surface area contributed by atoms with Gasteiger partial charge in [-0.25, -0.2) is 9.67 Å². The minimum Gasteiger partial charge on any atom is -0.352 e. The van der Waals surface area contributed by atoms with Crippen molar-refractivity contribution in [3.05, 3.63) is 72.4 Å². The molecule has 0 aromatic carbocycles. The van der Waals surface area contributed by atoms with Crippen LogP contribution in [0.15, 0.2) is 66.2 Å². The molecule has 0 unspecified atom stereocenters. The molecule has 0 aliphatic heterocycles. The third-order valence-corrected chi connectivity index (χ3v) is 3.40. The third kappa shape index (κ3) is 5.52. The van der Waals surface area contributed by atoms with Crippen LogP contribution in [0.1, 0.15) is 11.3 Å². The molecule has 3 heterocycles. The van der Waals surface area contributed by atoms with E-state index in [2.05, 4.69) is 30.7 Å². The first-order chi connectivity index (χ1) is 11.8. The first-order valence-electron chi connectivity index (χ1n) is 7.64. The van der Waals surface area contributed by atoms with E-state index in [1.807, 2.05) is 42.6 Å². The second-order valence-electron chi connectivity index (χ2n) is 5.07. The van der Waals surface area contributed by atoms with Gasteiger partial charge >= 0.3 is 0 Å². The van der Waals surface area contributed by atoms with Crippen LogP contribution in [0.4, 0.5) is 0 Å². The van der Waals surface area contributed by atoms with Crippen LogP contribution in [0, 0.1) is 0 Å². The average Bonchev–Trinajstić information content (AvgIpc) is 3.18. The molecule has 0 aliphatic carbocycles. The highest BCUT2D eigenvalue weighted by molar-refractivity contribution is 14.0. The summed E-state index contributed by atoms with van der Waals surface area (Å²) in [6, 6.07) is 11.7. The number of rotatable bonds is 5. The van der Waals surface area contributed by atoms with Gasteiger partial charge in [-0.1, -0.05) is 6.07 Å². The maximum atomic E-state index is 4.32. The lowest BCUT2D eigenvalue weighted by Gasteiger charge is -2.12. The number of aliphatic imine (C=N–C) groups is 1. The van der Waals surface area contributed by atoms with Crippen LogP contribution < -0.4 is 10.6 Å². The standard InChI is InChI=1S/C17H19N7.HI/c1-18-17(22-13-15-5-2-3-7-19-15)21-12-14-6-9-20-16(11-14)24-10-4-8-23-24;/h2-11H,12-13H2,1H3,(H2,18,21,22);1H. The summed E-state index contributed by atoms with van der Waals surface area (Å²) in [5.74, 6) is 1.51. The molecule has 8 heteroatoms. The Hall–Kier alpha value is -2.49. The lowest BCUT2D eigenvalue weighted by molar-refractivity contribution is 0.789. The van der Waals surface area contributed by atoms with Gasteiger partial charge in [0.05, 0.1) is 12.2 Å². The SMILES string of the molecule is CN=C(NCc1ccnc(-n2cccn2)c1)NCc1ccccn1.I. The minimum absolute atomic E-state index is 0. The third-order valence-electron chi connectivity index (χ3n) is 3.40. The van der Waals surface area contributed by atoms with Crippen LogP contribution in [0.25, 0.3) is 5.82 Å². The van der Waals surface area contributed by atoms with Crippen molar-refractivity contribution in [3.8, 4) is 5.82 Å². The largest absolute Gasteiger partial charge is 0.352 e. The predicted octanol–water partition coefficient (Wildman–Crippen LogP) is 2.15. The maximum Gasteiger partial charge on any atom is 0.191 e. The molecule has 130 valence electrons. The van der Waals surface area contributed by atoms with Gasteiger partial charge in [-0.15, -0.1) is 24.0 Å². The van der Waals surface area contributed by atoms with E-state index in [0.29, 0.717) is 13.1 Å². The van der Waals surface area contributed by atoms with Gasteiger partial charge in [0.2, 0.25) is 0 Å². The Morgan fingerprint density at radius 3 is 2.64 bits per heavy atom. The average molecular weight is 449 g/mol. The molecule has 0 fully saturated rings. The number of hydrogen-bond acceptors (Lipinski definition) is 4. The van der Waals surface area contributed by atoms with Gasteiger partial charge in [-0.05, 0) is 35.9 Å². The van der Waals surface area contributed by atoms with E-state index in [-0.39, 0.29) is 24.0 Å². The number of halogens is 1. The summed E-state index contributed by atoms with van der Waals surface area (Å²) in [5, 5.41) is 10.7. The zero-order valence-corrected chi connectivity index (χ0v) is 16.2. The van der Waals surface area contributed by atoms with E-state index in [1.165, 1.54) is 0 Å². The Morgan fingerprint density at radius 1 is 1.04 bits per heavy atom. The molecule has 0 amide bonds. The Balaban J connectivity index is 0.00000225. The first kappa shape index (κ1) is 18.8. The van der Waals surface area contributed by atoms with Gasteiger partial charge in [0.25, 0.3) is 0 Å². The zero-order valence-electron chi connectivity index (χ0n) is 13.8. The highest BCUT2D eigenvalue weighted by atomic mass is 127. The van der Waals surface area contributed by atoms with Crippen molar-refractivity contribution in [1.82, 2.24) is 30.4 Å². The Kier molecular flexibility index (Phi) is 7.33. The molecular formula is C17H20IN7. The number of aromatic nitrogens is 4. The van der Waals surface area contributed by atoms with E-state index in [0.717, 1.165) is 23.0 Å². The number of hydrogen-bond donors (Lipinski definition) is 2. The van der Waals surface area contributed by atoms with E-state index in [4.69, 9.17) is 0 Å². The normalized spacial score (nSPS) is 10.8. The van der Waals surface area contributed by atoms with Crippen molar-refractivity contribution in [3.63, 3.8) is 0 Å². The van der Waals surface area contributed by atoms with Crippen molar-refractivity contribution in [2.75, 3.05) is 7.05 Å². The summed E-state index contributed by atoms with van der Waals surface area (Å²) in [7, 11) is 1.75. The lowest BCUT2D eigenvalue weighted by Crippen LogP contribution is -2.36. The summed E-state index contributed by atoms with van der Waals surface area (Å²) in [4.78, 5) is 12.8. The lowest BCUT2D eigenvalue weighted by atomic mass is 10.2. The van der Waals surface area contributed by atoms with Crippen LogP contribution in [0.5, 0.6) is 0 Å². The van der Waals surface area contributed by atoms with E-state index in [1.54, 1.807) is 30.3 Å². The molecule has 3 aromatic heterocycles. The van der Waals surface area contributed by atoms with Crippen molar-refractivity contribution < 1.29 is 0 Å². The maximum absolute atomic E-state index is 4.32. The van der Waals surface area contributed by atoms with Gasteiger partial charge in [-0.2, -0.15) is 5.10 Å². The van der Waals surface area contributed by atoms with E-state index >= 15 is 0 Å². The minimum atomic E-state index is 0. The molecule has 3 aromatic rings. The van der Waals surface area contributed by atoms with Gasteiger partial charge in [0.15, 0.2) is 11.8 Å². The van der Waals surface area contributed by atoms with Gasteiger partial charge in [0.1, 0.15) is 0 Å². The molecule has 0 bridgehead atoms. The second kappa shape index (κ2) is 9.72. The Labute approximate surface area is 163 Å². The fraction of sp³-hybridized carbons (Fsp3) is 0.176. The number of guanidine groups is 1. The molecule has 7 nitrogen and oxygen atoms in total. The van der Waals surface area contributed by atoms with Crippen LogP contribution >= 0.6 is 24.0 Å². The Bertz CT molecular complexity index is 788. The Morgan fingerprint density at radius 2 is 1.92 bits per heavy atom. The summed E-state index contributed by atoms with van der Waals surface area (Å²) in [6.45, 7) is 1.26. The molecule has 25 heavy (non-hydrogen) atoms. The summed E-state index contributed by atoms with van der Waals surface area (Å²) < 4.78 is 1.73. The van der Waals surface area contributed by atoms with Crippen LogP contribution in [0.2, 0.25) is 0 Å². The number of nitrogens with zero attached hydrogens (tertiary/aromatic N) is 5. The van der Waals surface area contributed by atoms with Crippen molar-refractivity contribution in [1.29, 1.82) is 0 Å². The van der Waals surface area contributed by atoms with Gasteiger partial charge in [-0.3, -0.25) is 9.98 Å². The predicted molar refractivity (Wildman–Crippen MR) is 108 cm³/mol. The highest BCUT2D eigenvalue weighted by Gasteiger charge is 2.02. The molecular weight excluding hydrogens is 429 g/mol. The smallest absolute Gasteiger partial charge is 0.191 e. The number of nitrogens with one attached hydrogen (secondary N) is 2. The van der Waals surface area contributed by atoms with Crippen LogP contribution in [0.3, 0.4) is 0 Å². The molecule has 0 aliphatic rings. The molecule has 0 atom stereocenters. The fourth-order valence-corrected chi connectivity index (χ4v) is 2.18. The molecule has 0 radical (unpaired) electrons. The topological polar surface area (TPSA) is 80.0 Å². The van der Waals surface area contributed by atoms with Crippen LogP contribution in [-0.2, 0) is 13.1 Å². The van der Waals surface area contributed by atoms with Crippen LogP contribution in [-0.4, -0.2) is 32.8 Å². The van der Waals surface area contributed by atoms with Crippen molar-refractivity contribution in [2.24, 2.45) is 4.99 Å². The summed E-state index contributed by atoms with van der Waals surface area (Å²) >= 11 is 0. The first-order valence-corrected chi connectivity index (χ1v) is 7.64. The van der Waals surface area contributed by atoms with Crippen molar-refractivity contribution >= 4 is 29.9 Å². The molecule has 0 spiro atoms. The summed E-state index contributed by atoms with van der Waals surface area (Å²) in [6.07, 6.45) is 7.15. The quantitative estimate of drug-likeness (QED) is 0.355. The second-order valence-corrected chi connectivity index (χ2v) is 5.07. The zero-order chi connectivity index (χ0) is 16.6. The van der Waals surface area contributed by atoms with Gasteiger partial charge in [0, 0.05) is 38.4 Å². The summed E-state index contributed by atoms with van der Waals surface area (Å²) in [5.41, 5.74) is 2.06. The molecule has 0 saturated carbocycles. The molecule has 2 N–H and O–H groups in total. The highest BCUT2D eigenvalue weighted by Crippen LogP contribution is 2.05. The molecule has 3 rings (SSSR count). The molecule has 0 saturated heterocycles. The van der Waals surface area contributed by atoms with Gasteiger partial charge < -0.3 is 10.6 Å². The number of pyridine rings is 2. The van der Waals surface area contributed by atoms with Crippen molar-refractivity contribution in [2.45, 2.75) is 13.1 Å².